The first-order valence-electron chi connectivity index (χ1n) is 4.87. The molecule has 1 fully saturated rings. The number of hydrogen-bond acceptors (Lipinski definition) is 3. The summed E-state index contributed by atoms with van der Waals surface area (Å²) in [5.41, 5.74) is 1.30. The van der Waals surface area contributed by atoms with E-state index in [1.54, 1.807) is 0 Å². The second kappa shape index (κ2) is 4.99. The predicted molar refractivity (Wildman–Crippen MR) is 67.6 cm³/mol. The summed E-state index contributed by atoms with van der Waals surface area (Å²) in [5, 5.41) is 3.62. The van der Waals surface area contributed by atoms with E-state index < -0.39 is 0 Å². The van der Waals surface area contributed by atoms with Crippen molar-refractivity contribution >= 4 is 29.2 Å². The highest BCUT2D eigenvalue weighted by Crippen LogP contribution is 2.28. The van der Waals surface area contributed by atoms with Gasteiger partial charge in [0, 0.05) is 22.4 Å². The molecule has 1 N–H and O–H groups in total. The molecule has 1 heterocycles. The van der Waals surface area contributed by atoms with E-state index in [1.165, 1.54) is 28.5 Å². The average Bonchev–Trinajstić information content (AvgIpc) is 2.71. The number of thioether (sulfide) groups is 2. The van der Waals surface area contributed by atoms with Gasteiger partial charge in [0.05, 0.1) is 0 Å². The fourth-order valence-electron chi connectivity index (χ4n) is 1.63. The van der Waals surface area contributed by atoms with Gasteiger partial charge in [-0.25, -0.2) is 0 Å². The molecule has 0 radical (unpaired) electrons. The summed E-state index contributed by atoms with van der Waals surface area (Å²) in [4.78, 5) is 1.35. The molecule has 0 aromatic heterocycles. The highest BCUT2D eigenvalue weighted by molar-refractivity contribution is 7.99. The summed E-state index contributed by atoms with van der Waals surface area (Å²) in [5.74, 6) is 2.56. The molecule has 0 unspecified atom stereocenters. The van der Waals surface area contributed by atoms with Crippen molar-refractivity contribution in [2.75, 3.05) is 23.1 Å². The Balaban J connectivity index is 2.07. The van der Waals surface area contributed by atoms with Crippen molar-refractivity contribution in [3.05, 3.63) is 24.3 Å². The van der Waals surface area contributed by atoms with E-state index in [2.05, 4.69) is 35.8 Å². The van der Waals surface area contributed by atoms with Crippen LogP contribution >= 0.6 is 23.5 Å². The standard InChI is InChI=1S/C11H15NS2/c1-13-11-5-3-2-4-10(11)12-9-6-7-14-8-9/h2-5,9,12H,6-8H2,1H3/t9-/m1/s1. The SMILES string of the molecule is CSc1ccccc1N[C@@H]1CCSC1. The van der Waals surface area contributed by atoms with Gasteiger partial charge in [0.25, 0.3) is 0 Å². The van der Waals surface area contributed by atoms with Gasteiger partial charge in [0.2, 0.25) is 0 Å². The number of nitrogens with one attached hydrogen (secondary N) is 1. The number of anilines is 1. The normalized spacial score (nSPS) is 21.1. The van der Waals surface area contributed by atoms with E-state index in [-0.39, 0.29) is 0 Å². The zero-order valence-corrected chi connectivity index (χ0v) is 9.96. The van der Waals surface area contributed by atoms with Crippen LogP contribution in [0.1, 0.15) is 6.42 Å². The van der Waals surface area contributed by atoms with Gasteiger partial charge in [-0.15, -0.1) is 11.8 Å². The number of rotatable bonds is 3. The number of hydrogen-bond donors (Lipinski definition) is 1. The van der Waals surface area contributed by atoms with Crippen molar-refractivity contribution in [1.82, 2.24) is 0 Å². The minimum atomic E-state index is 0.674. The van der Waals surface area contributed by atoms with Crippen molar-refractivity contribution in [3.63, 3.8) is 0 Å². The molecule has 0 spiro atoms. The van der Waals surface area contributed by atoms with Crippen LogP contribution in [0.3, 0.4) is 0 Å². The molecule has 0 bridgehead atoms. The monoisotopic (exact) mass is 225 g/mol. The topological polar surface area (TPSA) is 12.0 Å². The molecule has 0 aliphatic carbocycles. The Bertz CT molecular complexity index is 295. The summed E-state index contributed by atoms with van der Waals surface area (Å²) < 4.78 is 0. The van der Waals surface area contributed by atoms with Gasteiger partial charge >= 0.3 is 0 Å². The second-order valence-corrected chi connectivity index (χ2v) is 5.40. The van der Waals surface area contributed by atoms with Crippen LogP contribution in [0.5, 0.6) is 0 Å². The Labute approximate surface area is 94.0 Å². The summed E-state index contributed by atoms with van der Waals surface area (Å²) in [6, 6.07) is 9.22. The van der Waals surface area contributed by atoms with Crippen LogP contribution < -0.4 is 5.32 Å². The van der Waals surface area contributed by atoms with Crippen LogP contribution in [0.15, 0.2) is 29.2 Å². The van der Waals surface area contributed by atoms with Gasteiger partial charge in [-0.2, -0.15) is 11.8 Å². The molecule has 1 aromatic carbocycles. The van der Waals surface area contributed by atoms with Crippen LogP contribution in [-0.4, -0.2) is 23.8 Å². The summed E-state index contributed by atoms with van der Waals surface area (Å²) >= 11 is 3.86. The molecule has 0 amide bonds. The van der Waals surface area contributed by atoms with Crippen LogP contribution in [-0.2, 0) is 0 Å². The molecule has 1 atom stereocenters. The highest BCUT2D eigenvalue weighted by Gasteiger charge is 2.15. The predicted octanol–water partition coefficient (Wildman–Crippen LogP) is 3.33. The molecule has 1 nitrogen and oxygen atoms in total. The van der Waals surface area contributed by atoms with Crippen molar-refractivity contribution in [3.8, 4) is 0 Å². The largest absolute Gasteiger partial charge is 0.381 e. The minimum absolute atomic E-state index is 0.674. The molecule has 1 aliphatic heterocycles. The van der Waals surface area contributed by atoms with E-state index in [1.807, 2.05) is 23.5 Å². The van der Waals surface area contributed by atoms with E-state index in [0.29, 0.717) is 6.04 Å². The van der Waals surface area contributed by atoms with Gasteiger partial charge in [0.1, 0.15) is 0 Å². The third-order valence-corrected chi connectivity index (χ3v) is 4.35. The Hall–Kier alpha value is -0.280. The van der Waals surface area contributed by atoms with Crippen LogP contribution in [0.25, 0.3) is 0 Å². The molecule has 3 heteroatoms. The van der Waals surface area contributed by atoms with Crippen LogP contribution in [0.2, 0.25) is 0 Å². The maximum atomic E-state index is 3.62. The maximum absolute atomic E-state index is 3.62. The molecular weight excluding hydrogens is 210 g/mol. The highest BCUT2D eigenvalue weighted by atomic mass is 32.2. The number of para-hydroxylation sites is 1. The molecule has 1 saturated heterocycles. The molecule has 1 aromatic rings. The molecule has 14 heavy (non-hydrogen) atoms. The molecule has 0 saturated carbocycles. The molecule has 76 valence electrons. The lowest BCUT2D eigenvalue weighted by atomic mass is 10.2. The Morgan fingerprint density at radius 3 is 3.00 bits per heavy atom. The van der Waals surface area contributed by atoms with Crippen molar-refractivity contribution < 1.29 is 0 Å². The van der Waals surface area contributed by atoms with Gasteiger partial charge in [0.15, 0.2) is 0 Å². The third-order valence-electron chi connectivity index (χ3n) is 2.40. The van der Waals surface area contributed by atoms with Gasteiger partial charge in [-0.3, -0.25) is 0 Å². The van der Waals surface area contributed by atoms with Crippen molar-refractivity contribution in [2.45, 2.75) is 17.4 Å². The lowest BCUT2D eigenvalue weighted by Gasteiger charge is -2.15. The Morgan fingerprint density at radius 1 is 1.43 bits per heavy atom. The van der Waals surface area contributed by atoms with Crippen LogP contribution in [0, 0.1) is 0 Å². The van der Waals surface area contributed by atoms with Crippen molar-refractivity contribution in [2.24, 2.45) is 0 Å². The average molecular weight is 225 g/mol. The molecular formula is C11H15NS2. The minimum Gasteiger partial charge on any atom is -0.381 e. The maximum Gasteiger partial charge on any atom is 0.0480 e. The fraction of sp³-hybridized carbons (Fsp3) is 0.455. The Kier molecular flexibility index (Phi) is 3.65. The molecule has 1 aliphatic rings. The van der Waals surface area contributed by atoms with Crippen molar-refractivity contribution in [1.29, 1.82) is 0 Å². The summed E-state index contributed by atoms with van der Waals surface area (Å²) in [6.07, 6.45) is 3.43. The molecule has 2 rings (SSSR count). The first-order chi connectivity index (χ1) is 6.90. The Morgan fingerprint density at radius 2 is 2.29 bits per heavy atom. The number of benzene rings is 1. The zero-order chi connectivity index (χ0) is 9.80. The van der Waals surface area contributed by atoms with Gasteiger partial charge < -0.3 is 5.32 Å². The third kappa shape index (κ3) is 2.39. The summed E-state index contributed by atoms with van der Waals surface area (Å²) in [7, 11) is 0. The quantitative estimate of drug-likeness (QED) is 0.793. The van der Waals surface area contributed by atoms with Gasteiger partial charge in [-0.05, 0) is 30.6 Å². The zero-order valence-electron chi connectivity index (χ0n) is 8.32. The van der Waals surface area contributed by atoms with E-state index in [0.717, 1.165) is 0 Å². The second-order valence-electron chi connectivity index (χ2n) is 3.41. The van der Waals surface area contributed by atoms with E-state index >= 15 is 0 Å². The first kappa shape index (κ1) is 10.2. The van der Waals surface area contributed by atoms with E-state index in [9.17, 15) is 0 Å². The van der Waals surface area contributed by atoms with Gasteiger partial charge in [-0.1, -0.05) is 12.1 Å². The smallest absolute Gasteiger partial charge is 0.0480 e. The van der Waals surface area contributed by atoms with E-state index in [4.69, 9.17) is 0 Å². The van der Waals surface area contributed by atoms with Crippen LogP contribution in [0.4, 0.5) is 5.69 Å². The first-order valence-corrected chi connectivity index (χ1v) is 7.25. The lowest BCUT2D eigenvalue weighted by molar-refractivity contribution is 0.810. The summed E-state index contributed by atoms with van der Waals surface area (Å²) in [6.45, 7) is 0. The lowest BCUT2D eigenvalue weighted by Crippen LogP contribution is -2.18. The fourth-order valence-corrected chi connectivity index (χ4v) is 3.35.